The largest absolute Gasteiger partial charge is 0.493 e. The molecule has 108 valence electrons. The second kappa shape index (κ2) is 5.66. The average Bonchev–Trinajstić information content (AvgIpc) is 2.47. The lowest BCUT2D eigenvalue weighted by atomic mass is 9.97. The zero-order valence-corrected chi connectivity index (χ0v) is 12.0. The number of amides is 1. The van der Waals surface area contributed by atoms with Gasteiger partial charge in [-0.05, 0) is 23.8 Å². The number of carbonyl (C=O) groups is 1. The molecule has 2 aromatic carbocycles. The van der Waals surface area contributed by atoms with Crippen LogP contribution in [0.25, 0.3) is 11.1 Å². The highest BCUT2D eigenvalue weighted by Crippen LogP contribution is 2.38. The molecule has 3 rings (SSSR count). The summed E-state index contributed by atoms with van der Waals surface area (Å²) in [5, 5.41) is 0.668. The van der Waals surface area contributed by atoms with Gasteiger partial charge in [0.1, 0.15) is 11.9 Å². The average molecular weight is 304 g/mol. The third kappa shape index (κ3) is 2.81. The number of nitrogens with two attached hydrogens (primary N) is 1. The summed E-state index contributed by atoms with van der Waals surface area (Å²) in [5.74, 6) is 0.711. The maximum Gasteiger partial charge on any atom is 0.405 e. The number of hydrogen-bond acceptors (Lipinski definition) is 3. The van der Waals surface area contributed by atoms with Crippen LogP contribution in [0.1, 0.15) is 18.1 Å². The Bertz CT molecular complexity index is 687. The summed E-state index contributed by atoms with van der Waals surface area (Å²) >= 11 is 6.23. The van der Waals surface area contributed by atoms with Crippen molar-refractivity contribution in [1.82, 2.24) is 0 Å². The van der Waals surface area contributed by atoms with Gasteiger partial charge in [-0.15, -0.1) is 0 Å². The van der Waals surface area contributed by atoms with Gasteiger partial charge in [-0.2, -0.15) is 0 Å². The Morgan fingerprint density at radius 1 is 1.29 bits per heavy atom. The van der Waals surface area contributed by atoms with Gasteiger partial charge in [-0.1, -0.05) is 35.9 Å². The van der Waals surface area contributed by atoms with Crippen LogP contribution in [0.2, 0.25) is 5.02 Å². The van der Waals surface area contributed by atoms with Crippen molar-refractivity contribution in [3.63, 3.8) is 0 Å². The van der Waals surface area contributed by atoms with E-state index in [9.17, 15) is 4.79 Å². The molecule has 1 aliphatic rings. The smallest absolute Gasteiger partial charge is 0.405 e. The lowest BCUT2D eigenvalue weighted by Gasteiger charge is -2.25. The molecular weight excluding hydrogens is 290 g/mol. The van der Waals surface area contributed by atoms with Crippen molar-refractivity contribution in [1.29, 1.82) is 0 Å². The van der Waals surface area contributed by atoms with Crippen LogP contribution in [0.15, 0.2) is 42.5 Å². The fourth-order valence-corrected chi connectivity index (χ4v) is 2.73. The van der Waals surface area contributed by atoms with Crippen molar-refractivity contribution in [3.8, 4) is 16.9 Å². The highest BCUT2D eigenvalue weighted by atomic mass is 35.5. The highest BCUT2D eigenvalue weighted by molar-refractivity contribution is 6.33. The molecule has 0 saturated carbocycles. The number of rotatable bonds is 2. The number of carbonyl (C=O) groups excluding carboxylic acids is 1. The Hall–Kier alpha value is -2.20. The lowest BCUT2D eigenvalue weighted by molar-refractivity contribution is 0.0766. The molecule has 5 heteroatoms. The molecule has 2 N–H and O–H groups in total. The van der Waals surface area contributed by atoms with E-state index in [4.69, 9.17) is 26.8 Å². The molecule has 4 nitrogen and oxygen atoms in total. The highest BCUT2D eigenvalue weighted by Gasteiger charge is 2.25. The fraction of sp³-hybridized carbons (Fsp3) is 0.188. The Morgan fingerprint density at radius 3 is 2.86 bits per heavy atom. The van der Waals surface area contributed by atoms with Crippen molar-refractivity contribution in [2.75, 3.05) is 6.61 Å². The van der Waals surface area contributed by atoms with Gasteiger partial charge < -0.3 is 15.2 Å². The number of fused-ring (bicyclic) bond motifs is 1. The molecule has 21 heavy (non-hydrogen) atoms. The first-order chi connectivity index (χ1) is 10.1. The van der Waals surface area contributed by atoms with Gasteiger partial charge in [-0.3, -0.25) is 0 Å². The van der Waals surface area contributed by atoms with Crippen LogP contribution >= 0.6 is 11.6 Å². The number of halogens is 1. The van der Waals surface area contributed by atoms with Gasteiger partial charge in [0.25, 0.3) is 0 Å². The SMILES string of the molecule is NC(=O)OC1CCOc2ccc(-c3ccccc3Cl)cc21. The van der Waals surface area contributed by atoms with Crippen LogP contribution in [-0.2, 0) is 4.74 Å². The predicted octanol–water partition coefficient (Wildman–Crippen LogP) is 3.93. The van der Waals surface area contributed by atoms with Crippen molar-refractivity contribution in [2.24, 2.45) is 5.73 Å². The molecule has 0 bridgehead atoms. The van der Waals surface area contributed by atoms with Crippen molar-refractivity contribution in [2.45, 2.75) is 12.5 Å². The van der Waals surface area contributed by atoms with Crippen LogP contribution in [0, 0.1) is 0 Å². The van der Waals surface area contributed by atoms with E-state index in [0.29, 0.717) is 23.8 Å². The maximum atomic E-state index is 11.0. The molecule has 1 aliphatic heterocycles. The van der Waals surface area contributed by atoms with E-state index in [-0.39, 0.29) is 6.10 Å². The summed E-state index contributed by atoms with van der Waals surface area (Å²) in [5.41, 5.74) is 7.82. The van der Waals surface area contributed by atoms with Crippen LogP contribution in [0.5, 0.6) is 5.75 Å². The van der Waals surface area contributed by atoms with Gasteiger partial charge in [0.15, 0.2) is 0 Å². The summed E-state index contributed by atoms with van der Waals surface area (Å²) in [6.45, 7) is 0.496. The molecule has 1 atom stereocenters. The van der Waals surface area contributed by atoms with Gasteiger partial charge >= 0.3 is 6.09 Å². The minimum absolute atomic E-state index is 0.381. The van der Waals surface area contributed by atoms with E-state index >= 15 is 0 Å². The van der Waals surface area contributed by atoms with Crippen molar-refractivity contribution >= 4 is 17.7 Å². The summed E-state index contributed by atoms with van der Waals surface area (Å²) in [7, 11) is 0. The first kappa shape index (κ1) is 13.8. The number of benzene rings is 2. The monoisotopic (exact) mass is 303 g/mol. The Morgan fingerprint density at radius 2 is 2.10 bits per heavy atom. The van der Waals surface area contributed by atoms with E-state index < -0.39 is 6.09 Å². The molecular formula is C16H14ClNO3. The van der Waals surface area contributed by atoms with Gasteiger partial charge in [0.05, 0.1) is 6.61 Å². The molecule has 2 aromatic rings. The van der Waals surface area contributed by atoms with Gasteiger partial charge in [0.2, 0.25) is 0 Å². The van der Waals surface area contributed by atoms with E-state index in [1.54, 1.807) is 0 Å². The topological polar surface area (TPSA) is 61.6 Å². The second-order valence-electron chi connectivity index (χ2n) is 4.80. The normalized spacial score (nSPS) is 16.7. The second-order valence-corrected chi connectivity index (χ2v) is 5.20. The summed E-state index contributed by atoms with van der Waals surface area (Å²) in [6, 6.07) is 13.3. The predicted molar refractivity (Wildman–Crippen MR) is 80.4 cm³/mol. The zero-order valence-electron chi connectivity index (χ0n) is 11.2. The molecule has 0 spiro atoms. The van der Waals surface area contributed by atoms with E-state index in [1.807, 2.05) is 42.5 Å². The van der Waals surface area contributed by atoms with E-state index in [0.717, 1.165) is 16.7 Å². The Balaban J connectivity index is 2.03. The molecule has 1 amide bonds. The van der Waals surface area contributed by atoms with Crippen LogP contribution in [-0.4, -0.2) is 12.7 Å². The van der Waals surface area contributed by atoms with Crippen LogP contribution < -0.4 is 10.5 Å². The molecule has 1 heterocycles. The van der Waals surface area contributed by atoms with Crippen molar-refractivity contribution < 1.29 is 14.3 Å². The molecule has 0 aliphatic carbocycles. The standard InChI is InChI=1S/C16H14ClNO3/c17-13-4-2-1-3-11(13)10-5-6-14-12(9-10)15(7-8-20-14)21-16(18)19/h1-6,9,15H,7-8H2,(H2,18,19). The third-order valence-electron chi connectivity index (χ3n) is 3.44. The quantitative estimate of drug-likeness (QED) is 0.914. The number of ether oxygens (including phenoxy) is 2. The molecule has 1 unspecified atom stereocenters. The van der Waals surface area contributed by atoms with Gasteiger partial charge in [0, 0.05) is 22.6 Å². The molecule has 0 radical (unpaired) electrons. The summed E-state index contributed by atoms with van der Waals surface area (Å²) < 4.78 is 10.8. The zero-order chi connectivity index (χ0) is 14.8. The molecule has 0 fully saturated rings. The minimum atomic E-state index is -0.781. The van der Waals surface area contributed by atoms with E-state index in [2.05, 4.69) is 0 Å². The van der Waals surface area contributed by atoms with Gasteiger partial charge in [-0.25, -0.2) is 4.79 Å². The minimum Gasteiger partial charge on any atom is -0.493 e. The Labute approximate surface area is 127 Å². The fourth-order valence-electron chi connectivity index (χ4n) is 2.49. The van der Waals surface area contributed by atoms with E-state index in [1.165, 1.54) is 0 Å². The maximum absolute atomic E-state index is 11.0. The lowest BCUT2D eigenvalue weighted by Crippen LogP contribution is -2.22. The number of primary amides is 1. The molecule has 0 saturated heterocycles. The first-order valence-corrected chi connectivity index (χ1v) is 7.00. The third-order valence-corrected chi connectivity index (χ3v) is 3.77. The van der Waals surface area contributed by atoms with Crippen LogP contribution in [0.3, 0.4) is 0 Å². The first-order valence-electron chi connectivity index (χ1n) is 6.63. The Kier molecular flexibility index (Phi) is 3.71. The summed E-state index contributed by atoms with van der Waals surface area (Å²) in [6.07, 6.45) is -0.577. The van der Waals surface area contributed by atoms with Crippen molar-refractivity contribution in [3.05, 3.63) is 53.1 Å². The molecule has 0 aromatic heterocycles. The number of hydrogen-bond donors (Lipinski definition) is 1. The van der Waals surface area contributed by atoms with Crippen LogP contribution in [0.4, 0.5) is 4.79 Å². The summed E-state index contributed by atoms with van der Waals surface area (Å²) in [4.78, 5) is 11.0.